The third-order valence-electron chi connectivity index (χ3n) is 3.21. The van der Waals surface area contributed by atoms with Crippen molar-refractivity contribution in [2.24, 2.45) is 10.1 Å². The fourth-order valence-corrected chi connectivity index (χ4v) is 2.60. The second-order valence-corrected chi connectivity index (χ2v) is 6.44. The molecule has 0 fully saturated rings. The van der Waals surface area contributed by atoms with E-state index in [1.54, 1.807) is 31.3 Å². The van der Waals surface area contributed by atoms with Gasteiger partial charge in [-0.2, -0.15) is 0 Å². The van der Waals surface area contributed by atoms with Crippen molar-refractivity contribution in [2.45, 2.75) is 4.90 Å². The summed E-state index contributed by atoms with van der Waals surface area (Å²) in [7, 11) is -2.20. The van der Waals surface area contributed by atoms with Gasteiger partial charge in [0.25, 0.3) is 0 Å². The first-order valence-corrected chi connectivity index (χ1v) is 8.62. The third-order valence-corrected chi connectivity index (χ3v) is 4.12. The third kappa shape index (κ3) is 4.07. The van der Waals surface area contributed by atoms with Crippen molar-refractivity contribution >= 4 is 21.5 Å². The molecule has 24 heavy (non-hydrogen) atoms. The zero-order valence-corrected chi connectivity index (χ0v) is 14.0. The Morgan fingerprint density at radius 1 is 1.42 bits per heavy atom. The maximum absolute atomic E-state index is 11.5. The molecule has 0 saturated heterocycles. The lowest BCUT2D eigenvalue weighted by molar-refractivity contribution is 0.311. The smallest absolute Gasteiger partial charge is 0.238 e. The molecule has 2 aromatic rings. The summed E-state index contributed by atoms with van der Waals surface area (Å²) in [6, 6.07) is 9.59. The van der Waals surface area contributed by atoms with Gasteiger partial charge in [0.1, 0.15) is 11.3 Å². The Balaban J connectivity index is 2.49. The number of nitrogens with two attached hydrogens (primary N) is 1. The molecule has 0 atom stereocenters. The number of anilines is 1. The Morgan fingerprint density at radius 2 is 2.17 bits per heavy atom. The van der Waals surface area contributed by atoms with Crippen LogP contribution in [0.2, 0.25) is 0 Å². The van der Waals surface area contributed by atoms with Gasteiger partial charge >= 0.3 is 0 Å². The zero-order chi connectivity index (χ0) is 17.7. The number of aliphatic hydroxyl groups is 1. The number of nitrogens with one attached hydrogen (secondary N) is 1. The summed E-state index contributed by atoms with van der Waals surface area (Å²) in [5.41, 5.74) is 1.52. The fraction of sp³-hybridized carbons (Fsp3) is 0.200. The predicted octanol–water partition coefficient (Wildman–Crippen LogP) is -0.0158. The molecule has 0 aliphatic rings. The van der Waals surface area contributed by atoms with Crippen molar-refractivity contribution in [3.63, 3.8) is 0 Å². The number of aliphatic hydroxyl groups excluding tert-OH is 1. The molecule has 1 heterocycles. The molecule has 1 aromatic heterocycles. The molecule has 0 bridgehead atoms. The molecule has 9 heteroatoms. The van der Waals surface area contributed by atoms with Crippen LogP contribution in [0.3, 0.4) is 0 Å². The Bertz CT molecular complexity index is 919. The largest absolute Gasteiger partial charge is 0.395 e. The minimum absolute atomic E-state index is 0.00806. The summed E-state index contributed by atoms with van der Waals surface area (Å²) in [5, 5.41) is 21.4. The van der Waals surface area contributed by atoms with Crippen LogP contribution in [0.1, 0.15) is 5.56 Å². The second-order valence-electron chi connectivity index (χ2n) is 4.88. The Kier molecular flexibility index (Phi) is 5.50. The van der Waals surface area contributed by atoms with Crippen LogP contribution in [0.5, 0.6) is 0 Å². The van der Waals surface area contributed by atoms with Crippen molar-refractivity contribution in [1.82, 2.24) is 9.78 Å². The van der Waals surface area contributed by atoms with Crippen molar-refractivity contribution in [2.75, 3.05) is 25.5 Å². The minimum atomic E-state index is -3.81. The van der Waals surface area contributed by atoms with Gasteiger partial charge in [0.2, 0.25) is 10.0 Å². The van der Waals surface area contributed by atoms with E-state index < -0.39 is 10.0 Å². The molecule has 0 spiro atoms. The molecule has 0 aliphatic carbocycles. The number of hydrogen-bond acceptors (Lipinski definition) is 6. The molecule has 8 nitrogen and oxygen atoms in total. The number of rotatable bonds is 6. The van der Waals surface area contributed by atoms with Gasteiger partial charge in [-0.05, 0) is 24.3 Å². The number of nitrogens with zero attached hydrogens (tertiary/aromatic N) is 3. The summed E-state index contributed by atoms with van der Waals surface area (Å²) in [5.74, 6) is 0.528. The Hall–Kier alpha value is -2.49. The summed E-state index contributed by atoms with van der Waals surface area (Å²) in [4.78, 5) is 4.12. The molecule has 0 saturated carbocycles. The van der Waals surface area contributed by atoms with E-state index in [-0.39, 0.29) is 11.5 Å². The molecule has 0 unspecified atom stereocenters. The topological polar surface area (TPSA) is 123 Å². The van der Waals surface area contributed by atoms with Crippen LogP contribution in [0, 0.1) is 0 Å². The van der Waals surface area contributed by atoms with Crippen LogP contribution in [0.25, 0.3) is 5.70 Å². The lowest BCUT2D eigenvalue weighted by Crippen LogP contribution is -2.24. The average molecular weight is 349 g/mol. The SMILES string of the molecule is C=C(c1cccc(S(N)(=O)=O)c1)n1nc(NCCO)ccc1=NC. The van der Waals surface area contributed by atoms with Gasteiger partial charge in [0.05, 0.1) is 17.2 Å². The first kappa shape index (κ1) is 17.9. The van der Waals surface area contributed by atoms with E-state index >= 15 is 0 Å². The van der Waals surface area contributed by atoms with Crippen molar-refractivity contribution < 1.29 is 13.5 Å². The van der Waals surface area contributed by atoms with Crippen molar-refractivity contribution in [1.29, 1.82) is 0 Å². The maximum Gasteiger partial charge on any atom is 0.238 e. The van der Waals surface area contributed by atoms with Gasteiger partial charge in [0.15, 0.2) is 0 Å². The Labute approximate surface area is 140 Å². The van der Waals surface area contributed by atoms with E-state index in [0.717, 1.165) is 0 Å². The summed E-state index contributed by atoms with van der Waals surface area (Å²) < 4.78 is 24.5. The number of hydrogen-bond donors (Lipinski definition) is 3. The maximum atomic E-state index is 11.5. The van der Waals surface area contributed by atoms with Gasteiger partial charge in [-0.3, -0.25) is 4.99 Å². The lowest BCUT2D eigenvalue weighted by Gasteiger charge is -2.13. The first-order chi connectivity index (χ1) is 11.4. The lowest BCUT2D eigenvalue weighted by atomic mass is 10.2. The van der Waals surface area contributed by atoms with Gasteiger partial charge in [-0.15, -0.1) is 5.10 Å². The number of sulfonamides is 1. The highest BCUT2D eigenvalue weighted by Crippen LogP contribution is 2.17. The van der Waals surface area contributed by atoms with Crippen LogP contribution in [0.15, 0.2) is 52.9 Å². The van der Waals surface area contributed by atoms with E-state index in [4.69, 9.17) is 10.2 Å². The van der Waals surface area contributed by atoms with E-state index in [9.17, 15) is 8.42 Å². The molecule has 2 rings (SSSR count). The van der Waals surface area contributed by atoms with Gasteiger partial charge < -0.3 is 10.4 Å². The van der Waals surface area contributed by atoms with Gasteiger partial charge in [-0.25, -0.2) is 18.2 Å². The predicted molar refractivity (Wildman–Crippen MR) is 91.5 cm³/mol. The van der Waals surface area contributed by atoms with Crippen molar-refractivity contribution in [3.8, 4) is 0 Å². The van der Waals surface area contributed by atoms with Crippen molar-refractivity contribution in [3.05, 3.63) is 54.0 Å². The highest BCUT2D eigenvalue weighted by atomic mass is 32.2. The molecule has 4 N–H and O–H groups in total. The quantitative estimate of drug-likeness (QED) is 0.677. The van der Waals surface area contributed by atoms with Gasteiger partial charge in [-0.1, -0.05) is 18.7 Å². The molecule has 1 aromatic carbocycles. The first-order valence-electron chi connectivity index (χ1n) is 7.07. The zero-order valence-electron chi connectivity index (χ0n) is 13.2. The molecule has 0 amide bonds. The monoisotopic (exact) mass is 349 g/mol. The van der Waals surface area contributed by atoms with E-state index in [1.165, 1.54) is 16.8 Å². The van der Waals surface area contributed by atoms with Crippen LogP contribution in [-0.2, 0) is 10.0 Å². The van der Waals surface area contributed by atoms with Crippen LogP contribution >= 0.6 is 0 Å². The van der Waals surface area contributed by atoms with E-state index in [0.29, 0.717) is 29.1 Å². The summed E-state index contributed by atoms with van der Waals surface area (Å²) in [6.07, 6.45) is 0. The van der Waals surface area contributed by atoms with Gasteiger partial charge in [0, 0.05) is 19.2 Å². The highest BCUT2D eigenvalue weighted by molar-refractivity contribution is 7.89. The Morgan fingerprint density at radius 3 is 2.79 bits per heavy atom. The van der Waals surface area contributed by atoms with E-state index in [1.807, 2.05) is 0 Å². The second kappa shape index (κ2) is 7.39. The fourth-order valence-electron chi connectivity index (χ4n) is 2.04. The normalized spacial score (nSPS) is 12.2. The summed E-state index contributed by atoms with van der Waals surface area (Å²) >= 11 is 0. The van der Waals surface area contributed by atoms with E-state index in [2.05, 4.69) is 22.0 Å². The highest BCUT2D eigenvalue weighted by Gasteiger charge is 2.11. The molecule has 0 aliphatic heterocycles. The average Bonchev–Trinajstić information content (AvgIpc) is 2.58. The standard InChI is InChI=1S/C15H19N5O3S/c1-11(12-4-3-5-13(10-12)24(16,22)23)20-15(17-2)7-6-14(19-20)18-8-9-21/h3-7,10,21H,1,8-9H2,2H3,(H,18,19)(H2,16,22,23). The summed E-state index contributed by atoms with van der Waals surface area (Å²) in [6.45, 7) is 4.30. The molecular weight excluding hydrogens is 330 g/mol. The molecule has 0 radical (unpaired) electrons. The molecule has 128 valence electrons. The van der Waals surface area contributed by atoms with Crippen LogP contribution < -0.4 is 15.9 Å². The molecular formula is C15H19N5O3S. The minimum Gasteiger partial charge on any atom is -0.395 e. The number of aromatic nitrogens is 2. The number of benzene rings is 1. The van der Waals surface area contributed by atoms with Crippen LogP contribution in [0.4, 0.5) is 5.82 Å². The van der Waals surface area contributed by atoms with Crippen LogP contribution in [-0.4, -0.2) is 43.5 Å². The number of primary sulfonamides is 1.